The van der Waals surface area contributed by atoms with E-state index in [0.29, 0.717) is 12.5 Å². The maximum atomic E-state index is 12.5. The number of nitrogens with one attached hydrogen (secondary N) is 1. The maximum absolute atomic E-state index is 12.5. The summed E-state index contributed by atoms with van der Waals surface area (Å²) in [5, 5.41) is 3.08. The summed E-state index contributed by atoms with van der Waals surface area (Å²) in [7, 11) is 0. The third-order valence-electron chi connectivity index (χ3n) is 7.30. The minimum Gasteiger partial charge on any atom is -0.493 e. The van der Waals surface area contributed by atoms with E-state index in [1.165, 1.54) is 16.6 Å². The van der Waals surface area contributed by atoms with Crippen molar-refractivity contribution < 1.29 is 9.53 Å². The molecule has 0 unspecified atom stereocenters. The molecule has 1 N–H and O–H groups in total. The molecule has 0 aliphatic rings. The van der Waals surface area contributed by atoms with Gasteiger partial charge in [-0.15, -0.1) is 0 Å². The summed E-state index contributed by atoms with van der Waals surface area (Å²) in [6.07, 6.45) is 6.06. The molecule has 5 heteroatoms. The van der Waals surface area contributed by atoms with Crippen LogP contribution < -0.4 is 10.1 Å². The molecule has 0 atom stereocenters. The van der Waals surface area contributed by atoms with E-state index in [9.17, 15) is 4.79 Å². The van der Waals surface area contributed by atoms with Crippen molar-refractivity contribution in [3.8, 4) is 5.75 Å². The van der Waals surface area contributed by atoms with Crippen molar-refractivity contribution in [1.82, 2.24) is 14.9 Å². The van der Waals surface area contributed by atoms with E-state index >= 15 is 0 Å². The lowest BCUT2D eigenvalue weighted by atomic mass is 10.0. The highest BCUT2D eigenvalue weighted by atomic mass is 16.5. The Balaban J connectivity index is 1.23. The zero-order valence-electron chi connectivity index (χ0n) is 24.0. The van der Waals surface area contributed by atoms with Gasteiger partial charge in [-0.05, 0) is 80.8 Å². The van der Waals surface area contributed by atoms with Gasteiger partial charge in [0.1, 0.15) is 11.6 Å². The zero-order valence-corrected chi connectivity index (χ0v) is 24.0. The number of aromatic nitrogens is 2. The molecule has 0 radical (unpaired) electrons. The predicted octanol–water partition coefficient (Wildman–Crippen LogP) is 7.78. The molecule has 0 fully saturated rings. The number of amides is 1. The number of hydrogen-bond donors (Lipinski definition) is 1. The van der Waals surface area contributed by atoms with Crippen LogP contribution in [0.25, 0.3) is 11.0 Å². The van der Waals surface area contributed by atoms with Crippen molar-refractivity contribution in [3.05, 3.63) is 94.8 Å². The summed E-state index contributed by atoms with van der Waals surface area (Å²) in [5.41, 5.74) is 6.51. The molecule has 0 bridgehead atoms. The average molecular weight is 526 g/mol. The van der Waals surface area contributed by atoms with E-state index in [2.05, 4.69) is 72.3 Å². The number of para-hydroxylation sites is 3. The zero-order chi connectivity index (χ0) is 27.6. The summed E-state index contributed by atoms with van der Waals surface area (Å²) in [5.74, 6) is 2.63. The molecule has 1 heterocycles. The Labute approximate surface area is 233 Å². The van der Waals surface area contributed by atoms with Crippen LogP contribution in [0.4, 0.5) is 0 Å². The normalized spacial score (nSPS) is 11.3. The maximum Gasteiger partial charge on any atom is 0.251 e. The monoisotopic (exact) mass is 525 g/mol. The van der Waals surface area contributed by atoms with E-state index in [1.807, 2.05) is 32.0 Å². The van der Waals surface area contributed by atoms with Gasteiger partial charge >= 0.3 is 0 Å². The number of nitrogens with zero attached hydrogens (tertiary/aromatic N) is 2. The standard InChI is InChI=1S/C34H43N3O2/c1-25(2)28-14-7-10-17-32(28)39-23-13-12-22-37-31-16-9-8-15-30(31)36-33(37)18-6-5-11-21-35-34(38)29-20-19-26(3)24-27(29)4/h7-10,14-17,19-20,24-25H,5-6,11-13,18,21-23H2,1-4H3,(H,35,38). The van der Waals surface area contributed by atoms with E-state index in [4.69, 9.17) is 9.72 Å². The third kappa shape index (κ3) is 7.72. The summed E-state index contributed by atoms with van der Waals surface area (Å²) in [6, 6.07) is 22.7. The van der Waals surface area contributed by atoms with Crippen molar-refractivity contribution in [3.63, 3.8) is 0 Å². The number of benzene rings is 3. The lowest BCUT2D eigenvalue weighted by Gasteiger charge is -2.14. The molecule has 39 heavy (non-hydrogen) atoms. The van der Waals surface area contributed by atoms with Gasteiger partial charge in [0.25, 0.3) is 5.91 Å². The van der Waals surface area contributed by atoms with Crippen LogP contribution in [0.2, 0.25) is 0 Å². The molecule has 0 aliphatic heterocycles. The van der Waals surface area contributed by atoms with Gasteiger partial charge < -0.3 is 14.6 Å². The minimum atomic E-state index is 0.0194. The van der Waals surface area contributed by atoms with Gasteiger partial charge in [-0.2, -0.15) is 0 Å². The van der Waals surface area contributed by atoms with Crippen LogP contribution in [0.3, 0.4) is 0 Å². The molecule has 4 aromatic rings. The highest BCUT2D eigenvalue weighted by Crippen LogP contribution is 2.26. The van der Waals surface area contributed by atoms with Crippen molar-refractivity contribution in [1.29, 1.82) is 0 Å². The third-order valence-corrected chi connectivity index (χ3v) is 7.30. The number of aryl methyl sites for hydroxylation is 4. The van der Waals surface area contributed by atoms with E-state index in [0.717, 1.165) is 79.9 Å². The van der Waals surface area contributed by atoms with Crippen LogP contribution >= 0.6 is 0 Å². The number of carbonyl (C=O) groups is 1. The number of unbranched alkanes of at least 4 members (excludes halogenated alkanes) is 3. The van der Waals surface area contributed by atoms with Crippen LogP contribution in [0, 0.1) is 13.8 Å². The summed E-state index contributed by atoms with van der Waals surface area (Å²) in [6.45, 7) is 10.8. The van der Waals surface area contributed by atoms with E-state index in [-0.39, 0.29) is 5.91 Å². The lowest BCUT2D eigenvalue weighted by Crippen LogP contribution is -2.25. The second kappa shape index (κ2) is 14.0. The summed E-state index contributed by atoms with van der Waals surface area (Å²) < 4.78 is 8.53. The first-order valence-corrected chi connectivity index (χ1v) is 14.5. The second-order valence-electron chi connectivity index (χ2n) is 10.8. The molecule has 3 aromatic carbocycles. The molecule has 1 aromatic heterocycles. The number of hydrogen-bond acceptors (Lipinski definition) is 3. The fourth-order valence-electron chi connectivity index (χ4n) is 5.16. The highest BCUT2D eigenvalue weighted by Gasteiger charge is 2.12. The van der Waals surface area contributed by atoms with Gasteiger partial charge in [0.2, 0.25) is 0 Å². The van der Waals surface area contributed by atoms with Crippen LogP contribution in [-0.4, -0.2) is 28.6 Å². The fraction of sp³-hybridized carbons (Fsp3) is 0.412. The van der Waals surface area contributed by atoms with Gasteiger partial charge in [0.05, 0.1) is 17.6 Å². The topological polar surface area (TPSA) is 56.2 Å². The highest BCUT2D eigenvalue weighted by molar-refractivity contribution is 5.95. The Bertz CT molecular complexity index is 1370. The molecule has 1 amide bonds. The number of rotatable bonds is 14. The Morgan fingerprint density at radius 3 is 2.54 bits per heavy atom. The first-order valence-electron chi connectivity index (χ1n) is 14.5. The number of fused-ring (bicyclic) bond motifs is 1. The molecule has 206 valence electrons. The SMILES string of the molecule is Cc1ccc(C(=O)NCCCCCc2nc3ccccc3n2CCCCOc2ccccc2C(C)C)c(C)c1. The second-order valence-corrected chi connectivity index (χ2v) is 10.8. The lowest BCUT2D eigenvalue weighted by molar-refractivity contribution is 0.0952. The van der Waals surface area contributed by atoms with Gasteiger partial charge in [-0.25, -0.2) is 4.98 Å². The fourth-order valence-corrected chi connectivity index (χ4v) is 5.16. The van der Waals surface area contributed by atoms with Crippen LogP contribution in [0.15, 0.2) is 66.7 Å². The van der Waals surface area contributed by atoms with Crippen LogP contribution in [0.5, 0.6) is 5.75 Å². The van der Waals surface area contributed by atoms with Crippen molar-refractivity contribution >= 4 is 16.9 Å². The van der Waals surface area contributed by atoms with Crippen LogP contribution in [0.1, 0.15) is 84.7 Å². The average Bonchev–Trinajstić information content (AvgIpc) is 3.27. The Morgan fingerprint density at radius 2 is 1.72 bits per heavy atom. The van der Waals surface area contributed by atoms with E-state index < -0.39 is 0 Å². The van der Waals surface area contributed by atoms with E-state index in [1.54, 1.807) is 0 Å². The number of imidazole rings is 1. The van der Waals surface area contributed by atoms with Gasteiger partial charge in [0, 0.05) is 25.1 Å². The first-order chi connectivity index (χ1) is 18.9. The van der Waals surface area contributed by atoms with Gasteiger partial charge in [-0.3, -0.25) is 4.79 Å². The molecular formula is C34H43N3O2. The first kappa shape index (κ1) is 28.4. The molecule has 0 spiro atoms. The molecule has 0 saturated carbocycles. The molecule has 0 saturated heterocycles. The minimum absolute atomic E-state index is 0.0194. The molecule has 4 rings (SSSR count). The molecular weight excluding hydrogens is 482 g/mol. The molecule has 0 aliphatic carbocycles. The predicted molar refractivity (Wildman–Crippen MR) is 161 cm³/mol. The Hall–Kier alpha value is -3.60. The summed E-state index contributed by atoms with van der Waals surface area (Å²) in [4.78, 5) is 17.5. The van der Waals surface area contributed by atoms with Gasteiger partial charge in [0.15, 0.2) is 0 Å². The van der Waals surface area contributed by atoms with Crippen molar-refractivity contribution in [2.45, 2.75) is 78.7 Å². The largest absolute Gasteiger partial charge is 0.493 e. The number of ether oxygens (including phenoxy) is 1. The molecule has 5 nitrogen and oxygen atoms in total. The van der Waals surface area contributed by atoms with Crippen LogP contribution in [-0.2, 0) is 13.0 Å². The Kier molecular flexibility index (Phi) is 10.2. The summed E-state index contributed by atoms with van der Waals surface area (Å²) >= 11 is 0. The quantitative estimate of drug-likeness (QED) is 0.171. The van der Waals surface area contributed by atoms with Crippen molar-refractivity contribution in [2.24, 2.45) is 0 Å². The van der Waals surface area contributed by atoms with Gasteiger partial charge in [-0.1, -0.05) is 68.3 Å². The number of carbonyl (C=O) groups excluding carboxylic acids is 1. The smallest absolute Gasteiger partial charge is 0.251 e. The Morgan fingerprint density at radius 1 is 0.923 bits per heavy atom. The van der Waals surface area contributed by atoms with Crippen molar-refractivity contribution in [2.75, 3.05) is 13.2 Å².